The van der Waals surface area contributed by atoms with Crippen LogP contribution < -0.4 is 5.73 Å². The van der Waals surface area contributed by atoms with Crippen molar-refractivity contribution in [2.75, 3.05) is 5.73 Å². The van der Waals surface area contributed by atoms with Crippen molar-refractivity contribution in [2.45, 2.75) is 44.0 Å². The molecule has 1 aliphatic heterocycles. The van der Waals surface area contributed by atoms with Gasteiger partial charge in [-0.15, -0.1) is 0 Å². The average Bonchev–Trinajstić information content (AvgIpc) is 3.14. The molecule has 2 aromatic heterocycles. The highest BCUT2D eigenvalue weighted by molar-refractivity contribution is 5.89. The minimum absolute atomic E-state index is 0.331. The summed E-state index contributed by atoms with van der Waals surface area (Å²) in [6, 6.07) is 8.92. The minimum atomic E-state index is -1.50. The molecule has 5 atom stereocenters. The predicted octanol–water partition coefficient (Wildman–Crippen LogP) is 0.849. The zero-order chi connectivity index (χ0) is 19.3. The summed E-state index contributed by atoms with van der Waals surface area (Å²) in [4.78, 5) is 8.25. The lowest BCUT2D eigenvalue weighted by atomic mass is 9.87. The lowest BCUT2D eigenvalue weighted by molar-refractivity contribution is -0.135. The van der Waals surface area contributed by atoms with Gasteiger partial charge >= 0.3 is 0 Å². The Morgan fingerprint density at radius 1 is 1.15 bits per heavy atom. The second-order valence-corrected chi connectivity index (χ2v) is 7.12. The molecule has 0 saturated carbocycles. The number of hydrogen-bond donors (Lipinski definition) is 4. The Bertz CT molecular complexity index is 973. The number of nitrogen functional groups attached to an aromatic ring is 1. The van der Waals surface area contributed by atoms with E-state index in [0.29, 0.717) is 22.4 Å². The van der Waals surface area contributed by atoms with E-state index in [1.54, 1.807) is 42.0 Å². The van der Waals surface area contributed by atoms with Crippen LogP contribution in [0.2, 0.25) is 0 Å². The third-order valence-electron chi connectivity index (χ3n) is 5.25. The Kier molecular flexibility index (Phi) is 4.15. The van der Waals surface area contributed by atoms with Crippen molar-refractivity contribution in [3.05, 3.63) is 54.0 Å². The number of anilines is 1. The van der Waals surface area contributed by atoms with Crippen molar-refractivity contribution in [3.8, 4) is 0 Å². The van der Waals surface area contributed by atoms with Crippen molar-refractivity contribution in [1.29, 1.82) is 0 Å². The first-order valence-corrected chi connectivity index (χ1v) is 8.69. The van der Waals surface area contributed by atoms with E-state index in [-0.39, 0.29) is 0 Å². The van der Waals surface area contributed by atoms with Crippen molar-refractivity contribution in [2.24, 2.45) is 0 Å². The van der Waals surface area contributed by atoms with Crippen molar-refractivity contribution < 1.29 is 20.1 Å². The molecule has 0 bridgehead atoms. The van der Waals surface area contributed by atoms with Crippen LogP contribution in [0.3, 0.4) is 0 Å². The SMILES string of the molecule is Cc1cn([C@@H]2O[C@H](C(C)(O)c3ccccc3)[C@@H](O)[C@H]2O)c2ncnc(N)c12. The summed E-state index contributed by atoms with van der Waals surface area (Å²) >= 11 is 0. The molecule has 1 saturated heterocycles. The molecular formula is C19H22N4O4. The second-order valence-electron chi connectivity index (χ2n) is 7.12. The van der Waals surface area contributed by atoms with Crippen molar-refractivity contribution in [1.82, 2.24) is 14.5 Å². The van der Waals surface area contributed by atoms with Crippen molar-refractivity contribution >= 4 is 16.9 Å². The summed E-state index contributed by atoms with van der Waals surface area (Å²) in [7, 11) is 0. The topological polar surface area (TPSA) is 127 Å². The maximum Gasteiger partial charge on any atom is 0.164 e. The predicted molar refractivity (Wildman–Crippen MR) is 98.6 cm³/mol. The van der Waals surface area contributed by atoms with E-state index in [1.807, 2.05) is 13.0 Å². The zero-order valence-corrected chi connectivity index (χ0v) is 15.0. The van der Waals surface area contributed by atoms with Gasteiger partial charge in [0.25, 0.3) is 0 Å². The van der Waals surface area contributed by atoms with Crippen LogP contribution in [0.15, 0.2) is 42.9 Å². The summed E-state index contributed by atoms with van der Waals surface area (Å²) in [5, 5.41) is 33.0. The van der Waals surface area contributed by atoms with Gasteiger partial charge in [0.05, 0.1) is 5.39 Å². The number of nitrogens with zero attached hydrogens (tertiary/aromatic N) is 3. The molecule has 8 nitrogen and oxygen atoms in total. The summed E-state index contributed by atoms with van der Waals surface area (Å²) < 4.78 is 7.59. The number of aromatic nitrogens is 3. The maximum absolute atomic E-state index is 11.1. The van der Waals surface area contributed by atoms with Gasteiger partial charge in [0.15, 0.2) is 6.23 Å². The number of ether oxygens (including phenoxy) is 1. The van der Waals surface area contributed by atoms with Crippen LogP contribution in [0.1, 0.15) is 24.3 Å². The number of nitrogens with two attached hydrogens (primary N) is 1. The third kappa shape index (κ3) is 2.69. The number of fused-ring (bicyclic) bond motifs is 1. The van der Waals surface area contributed by atoms with E-state index in [1.165, 1.54) is 6.33 Å². The molecule has 1 unspecified atom stereocenters. The molecule has 3 heterocycles. The molecule has 142 valence electrons. The average molecular weight is 370 g/mol. The molecule has 1 aromatic carbocycles. The van der Waals surface area contributed by atoms with Crippen molar-refractivity contribution in [3.63, 3.8) is 0 Å². The summed E-state index contributed by atoms with van der Waals surface area (Å²) in [6.07, 6.45) is -1.42. The van der Waals surface area contributed by atoms with Gasteiger partial charge in [0.2, 0.25) is 0 Å². The fraction of sp³-hybridized carbons (Fsp3) is 0.368. The van der Waals surface area contributed by atoms with Gasteiger partial charge in [-0.3, -0.25) is 0 Å². The van der Waals surface area contributed by atoms with Gasteiger partial charge in [-0.1, -0.05) is 30.3 Å². The molecule has 4 rings (SSSR count). The van der Waals surface area contributed by atoms with Crippen LogP contribution in [0.4, 0.5) is 5.82 Å². The van der Waals surface area contributed by atoms with E-state index in [2.05, 4.69) is 9.97 Å². The first-order chi connectivity index (χ1) is 12.8. The second kappa shape index (κ2) is 6.28. The number of aliphatic hydroxyl groups excluding tert-OH is 2. The molecule has 27 heavy (non-hydrogen) atoms. The molecule has 5 N–H and O–H groups in total. The van der Waals surface area contributed by atoms with Gasteiger partial charge in [0, 0.05) is 6.20 Å². The molecular weight excluding hydrogens is 348 g/mol. The summed E-state index contributed by atoms with van der Waals surface area (Å²) in [5.41, 5.74) is 6.36. The number of rotatable bonds is 3. The first kappa shape index (κ1) is 17.9. The standard InChI is InChI=1S/C19H22N4O4/c1-10-8-23(17-12(10)16(20)21-9-22-17)18-14(25)13(24)15(27-18)19(2,26)11-6-4-3-5-7-11/h3-9,13-15,18,24-26H,1-2H3,(H2,20,21,22)/t13-,14+,15-,18+,19?/m0/s1. The number of aliphatic hydroxyl groups is 3. The largest absolute Gasteiger partial charge is 0.387 e. The molecule has 0 amide bonds. The fourth-order valence-corrected chi connectivity index (χ4v) is 3.79. The Morgan fingerprint density at radius 3 is 2.56 bits per heavy atom. The molecule has 8 heteroatoms. The highest BCUT2D eigenvalue weighted by Crippen LogP contribution is 2.41. The highest BCUT2D eigenvalue weighted by atomic mass is 16.6. The smallest absolute Gasteiger partial charge is 0.164 e. The Hall–Kier alpha value is -2.52. The Labute approximate surface area is 155 Å². The van der Waals surface area contributed by atoms with Gasteiger partial charge in [-0.05, 0) is 25.0 Å². The lowest BCUT2D eigenvalue weighted by Gasteiger charge is -2.32. The minimum Gasteiger partial charge on any atom is -0.387 e. The van der Waals surface area contributed by atoms with E-state index in [4.69, 9.17) is 10.5 Å². The lowest BCUT2D eigenvalue weighted by Crippen LogP contribution is -2.45. The van der Waals surface area contributed by atoms with Gasteiger partial charge in [0.1, 0.15) is 41.7 Å². The summed E-state index contributed by atoms with van der Waals surface area (Å²) in [5.74, 6) is 0.331. The molecule has 1 fully saturated rings. The van der Waals surface area contributed by atoms with E-state index >= 15 is 0 Å². The monoisotopic (exact) mass is 370 g/mol. The molecule has 0 spiro atoms. The maximum atomic E-state index is 11.1. The number of benzene rings is 1. The highest BCUT2D eigenvalue weighted by Gasteiger charge is 2.52. The van der Waals surface area contributed by atoms with Gasteiger partial charge in [-0.2, -0.15) is 0 Å². The molecule has 1 aliphatic rings. The normalized spacial score (nSPS) is 27.7. The Balaban J connectivity index is 1.74. The molecule has 0 radical (unpaired) electrons. The number of aryl methyl sites for hydroxylation is 1. The van der Waals surface area contributed by atoms with Crippen LogP contribution in [0.5, 0.6) is 0 Å². The van der Waals surface area contributed by atoms with E-state index in [9.17, 15) is 15.3 Å². The third-order valence-corrected chi connectivity index (χ3v) is 5.25. The van der Waals surface area contributed by atoms with Gasteiger partial charge in [-0.25, -0.2) is 9.97 Å². The molecule has 0 aliphatic carbocycles. The van der Waals surface area contributed by atoms with Gasteiger partial charge < -0.3 is 30.4 Å². The fourth-order valence-electron chi connectivity index (χ4n) is 3.79. The quantitative estimate of drug-likeness (QED) is 0.538. The van der Waals surface area contributed by atoms with E-state index in [0.717, 1.165) is 5.56 Å². The number of hydrogen-bond acceptors (Lipinski definition) is 7. The first-order valence-electron chi connectivity index (χ1n) is 8.69. The Morgan fingerprint density at radius 2 is 1.85 bits per heavy atom. The van der Waals surface area contributed by atoms with Crippen LogP contribution in [-0.2, 0) is 10.3 Å². The van der Waals surface area contributed by atoms with Crippen LogP contribution in [0, 0.1) is 6.92 Å². The molecule has 3 aromatic rings. The van der Waals surface area contributed by atoms with Crippen LogP contribution >= 0.6 is 0 Å². The zero-order valence-electron chi connectivity index (χ0n) is 15.0. The van der Waals surface area contributed by atoms with Crippen LogP contribution in [-0.4, -0.2) is 48.2 Å². The summed E-state index contributed by atoms with van der Waals surface area (Å²) in [6.45, 7) is 3.42. The van der Waals surface area contributed by atoms with Crippen LogP contribution in [0.25, 0.3) is 11.0 Å². The van der Waals surface area contributed by atoms with E-state index < -0.39 is 30.1 Å².